The number of hydrogen-bond donors (Lipinski definition) is 4. The first-order chi connectivity index (χ1) is 15.5. The lowest BCUT2D eigenvalue weighted by molar-refractivity contribution is -0.141. The molecule has 0 aromatic heterocycles. The lowest BCUT2D eigenvalue weighted by atomic mass is 10.0. The fourth-order valence-corrected chi connectivity index (χ4v) is 2.83. The molecule has 1 aliphatic rings. The Bertz CT molecular complexity index is 653. The lowest BCUT2D eigenvalue weighted by Crippen LogP contribution is -2.44. The first-order valence-electron chi connectivity index (χ1n) is 11.3. The Balaban J connectivity index is 2.17. The molecule has 1 rings (SSSR count). The third kappa shape index (κ3) is 13.6. The van der Waals surface area contributed by atoms with Gasteiger partial charge in [-0.1, -0.05) is 13.3 Å². The topological polar surface area (TPSA) is 167 Å². The summed E-state index contributed by atoms with van der Waals surface area (Å²) in [4.78, 5) is 52.2. The summed E-state index contributed by atoms with van der Waals surface area (Å²) in [5, 5.41) is 5.22. The van der Waals surface area contributed by atoms with Gasteiger partial charge in [-0.2, -0.15) is 5.48 Å². The molecule has 0 aromatic rings. The van der Waals surface area contributed by atoms with Crippen LogP contribution in [0.2, 0.25) is 0 Å². The van der Waals surface area contributed by atoms with Crippen molar-refractivity contribution in [3.8, 4) is 0 Å². The van der Waals surface area contributed by atoms with Crippen LogP contribution in [0.25, 0.3) is 0 Å². The van der Waals surface area contributed by atoms with Gasteiger partial charge in [0.15, 0.2) is 0 Å². The number of hydroxylamine groups is 1. The molecule has 2 amide bonds. The van der Waals surface area contributed by atoms with Gasteiger partial charge in [-0.15, -0.1) is 0 Å². The zero-order valence-corrected chi connectivity index (χ0v) is 19.9. The zero-order valence-electron chi connectivity index (χ0n) is 19.9. The second-order valence-corrected chi connectivity index (χ2v) is 8.85. The quantitative estimate of drug-likeness (QED) is 0.184. The van der Waals surface area contributed by atoms with Gasteiger partial charge in [-0.3, -0.25) is 9.63 Å². The van der Waals surface area contributed by atoms with E-state index in [0.29, 0.717) is 19.4 Å². The minimum absolute atomic E-state index is 0.0548. The summed E-state index contributed by atoms with van der Waals surface area (Å²) in [7, 11) is 0. The first-order valence-corrected chi connectivity index (χ1v) is 11.3. The Morgan fingerprint density at radius 1 is 1.18 bits per heavy atom. The molecule has 0 bridgehead atoms. The molecule has 12 nitrogen and oxygen atoms in total. The number of alkyl carbamates (subject to hydrolysis) is 1. The Kier molecular flexibility index (Phi) is 12.7. The van der Waals surface area contributed by atoms with Gasteiger partial charge in [0.1, 0.15) is 11.6 Å². The Labute approximate surface area is 194 Å². The molecule has 5 N–H and O–H groups in total. The molecule has 0 aromatic carbocycles. The van der Waals surface area contributed by atoms with Crippen LogP contribution in [0.15, 0.2) is 0 Å². The number of carbonyl (C=O) groups excluding carboxylic acids is 4. The van der Waals surface area contributed by atoms with Crippen molar-refractivity contribution in [2.24, 2.45) is 5.73 Å². The maximum atomic E-state index is 12.1. The average molecular weight is 475 g/mol. The van der Waals surface area contributed by atoms with E-state index in [1.54, 1.807) is 20.8 Å². The first kappa shape index (κ1) is 28.6. The highest BCUT2D eigenvalue weighted by Gasteiger charge is 2.28. The van der Waals surface area contributed by atoms with Gasteiger partial charge < -0.3 is 30.6 Å². The number of esters is 1. The molecule has 3 atom stereocenters. The van der Waals surface area contributed by atoms with Crippen molar-refractivity contribution >= 4 is 24.1 Å². The van der Waals surface area contributed by atoms with E-state index >= 15 is 0 Å². The van der Waals surface area contributed by atoms with Crippen molar-refractivity contribution in [3.63, 3.8) is 0 Å². The predicted molar refractivity (Wildman–Crippen MR) is 118 cm³/mol. The molecule has 190 valence electrons. The van der Waals surface area contributed by atoms with Gasteiger partial charge in [0.05, 0.1) is 19.1 Å². The number of nitrogens with two attached hydrogens (primary N) is 1. The predicted octanol–water partition coefficient (Wildman–Crippen LogP) is 1.27. The molecule has 0 unspecified atom stereocenters. The van der Waals surface area contributed by atoms with Crippen LogP contribution >= 0.6 is 0 Å². The van der Waals surface area contributed by atoms with Crippen LogP contribution in [0.1, 0.15) is 66.2 Å². The van der Waals surface area contributed by atoms with E-state index in [9.17, 15) is 19.2 Å². The summed E-state index contributed by atoms with van der Waals surface area (Å²) in [6, 6.07) is -1.14. The molecule has 1 saturated heterocycles. The van der Waals surface area contributed by atoms with E-state index in [0.717, 1.165) is 19.3 Å². The number of hydrogen-bond acceptors (Lipinski definition) is 10. The van der Waals surface area contributed by atoms with E-state index in [1.165, 1.54) is 0 Å². The van der Waals surface area contributed by atoms with Gasteiger partial charge in [0.2, 0.25) is 5.91 Å². The molecular formula is C21H38N4O8. The molecule has 12 heteroatoms. The number of carbonyl (C=O) groups is 4. The van der Waals surface area contributed by atoms with E-state index in [4.69, 9.17) is 20.0 Å². The van der Waals surface area contributed by atoms with Gasteiger partial charge in [0, 0.05) is 19.1 Å². The molecule has 1 aliphatic heterocycles. The van der Waals surface area contributed by atoms with Gasteiger partial charge in [-0.05, 0) is 46.5 Å². The highest BCUT2D eigenvalue weighted by molar-refractivity contribution is 5.86. The van der Waals surface area contributed by atoms with Gasteiger partial charge in [0.25, 0.3) is 0 Å². The van der Waals surface area contributed by atoms with E-state index < -0.39 is 29.9 Å². The Morgan fingerprint density at radius 2 is 1.91 bits per heavy atom. The third-order valence-electron chi connectivity index (χ3n) is 4.48. The number of unbranched alkanes of at least 4 members (excludes halogenated alkanes) is 1. The van der Waals surface area contributed by atoms with Crippen LogP contribution in [0.4, 0.5) is 9.59 Å². The fraction of sp³-hybridized carbons (Fsp3) is 0.810. The smallest absolute Gasteiger partial charge is 0.444 e. The largest absolute Gasteiger partial charge is 0.516 e. The monoisotopic (exact) mass is 474 g/mol. The summed E-state index contributed by atoms with van der Waals surface area (Å²) in [5.74, 6) is -1.32. The van der Waals surface area contributed by atoms with E-state index in [-0.39, 0.29) is 37.6 Å². The maximum absolute atomic E-state index is 12.1. The Morgan fingerprint density at radius 3 is 2.58 bits per heavy atom. The van der Waals surface area contributed by atoms with E-state index in [1.807, 2.05) is 6.92 Å². The van der Waals surface area contributed by atoms with Crippen molar-refractivity contribution in [2.45, 2.75) is 90.0 Å². The van der Waals surface area contributed by atoms with Crippen LogP contribution < -0.4 is 21.8 Å². The van der Waals surface area contributed by atoms with E-state index in [2.05, 4.69) is 20.9 Å². The summed E-state index contributed by atoms with van der Waals surface area (Å²) in [6.07, 6.45) is 1.78. The van der Waals surface area contributed by atoms with Crippen LogP contribution in [0.5, 0.6) is 0 Å². The highest BCUT2D eigenvalue weighted by Crippen LogP contribution is 2.17. The van der Waals surface area contributed by atoms with Crippen LogP contribution in [-0.4, -0.2) is 67.6 Å². The van der Waals surface area contributed by atoms with Gasteiger partial charge >= 0.3 is 18.2 Å². The minimum Gasteiger partial charge on any atom is -0.444 e. The molecule has 0 aliphatic carbocycles. The summed E-state index contributed by atoms with van der Waals surface area (Å²) >= 11 is 0. The average Bonchev–Trinajstić information content (AvgIpc) is 3.15. The van der Waals surface area contributed by atoms with Crippen molar-refractivity contribution in [3.05, 3.63) is 0 Å². The summed E-state index contributed by atoms with van der Waals surface area (Å²) in [6.45, 7) is 7.77. The normalized spacial score (nSPS) is 18.8. The molecule has 0 saturated carbocycles. The molecule has 1 fully saturated rings. The number of ether oxygens (including phenoxy) is 3. The van der Waals surface area contributed by atoms with Crippen LogP contribution in [0, 0.1) is 0 Å². The number of amides is 2. The molecule has 1 heterocycles. The van der Waals surface area contributed by atoms with Crippen molar-refractivity contribution in [1.29, 1.82) is 0 Å². The SMILES string of the molecule is CCCCOC(=O)OC(=O)[C@@H](N)CNC(=O)C[C@H]1C[C@H](CCCNC(=O)OC(C)(C)C)NO1. The molecule has 0 radical (unpaired) electrons. The zero-order chi connectivity index (χ0) is 24.9. The van der Waals surface area contributed by atoms with Crippen LogP contribution in [0.3, 0.4) is 0 Å². The Hall–Kier alpha value is -2.44. The number of rotatable bonds is 12. The highest BCUT2D eigenvalue weighted by atomic mass is 16.7. The number of nitrogens with one attached hydrogen (secondary N) is 3. The molecule has 0 spiro atoms. The summed E-state index contributed by atoms with van der Waals surface area (Å²) in [5.41, 5.74) is 7.99. The summed E-state index contributed by atoms with van der Waals surface area (Å²) < 4.78 is 14.4. The maximum Gasteiger partial charge on any atom is 0.516 e. The fourth-order valence-electron chi connectivity index (χ4n) is 2.83. The third-order valence-corrected chi connectivity index (χ3v) is 4.48. The lowest BCUT2D eigenvalue weighted by Gasteiger charge is -2.19. The standard InChI is InChI=1S/C21H38N4O8/c1-5-6-10-30-20(29)31-18(27)16(22)13-24-17(26)12-15-11-14(25-33-15)8-7-9-23-19(28)32-21(2,3)4/h14-16,25H,5-13,22H2,1-4H3,(H,23,28)(H,24,26)/t14-,15+,16-/m0/s1. The minimum atomic E-state index is -1.19. The van der Waals surface area contributed by atoms with Crippen molar-refractivity contribution in [1.82, 2.24) is 16.1 Å². The van der Waals surface area contributed by atoms with Crippen LogP contribution in [-0.2, 0) is 28.6 Å². The second-order valence-electron chi connectivity index (χ2n) is 8.85. The molecular weight excluding hydrogens is 436 g/mol. The second kappa shape index (κ2) is 14.7. The molecule has 33 heavy (non-hydrogen) atoms. The van der Waals surface area contributed by atoms with Gasteiger partial charge in [-0.25, -0.2) is 14.4 Å². The van der Waals surface area contributed by atoms with Crippen molar-refractivity contribution in [2.75, 3.05) is 19.7 Å². The van der Waals surface area contributed by atoms with Crippen molar-refractivity contribution < 1.29 is 38.2 Å².